The van der Waals surface area contributed by atoms with Crippen LogP contribution in [0, 0.1) is 0 Å². The molecular formula is C9H13BrN2OS. The normalized spacial score (nSPS) is 22.2. The summed E-state index contributed by atoms with van der Waals surface area (Å²) in [6, 6.07) is 0.506. The summed E-state index contributed by atoms with van der Waals surface area (Å²) >= 11 is 4.83. The smallest absolute Gasteiger partial charge is 0.274 e. The first-order chi connectivity index (χ1) is 6.84. The highest BCUT2D eigenvalue weighted by atomic mass is 79.9. The van der Waals surface area contributed by atoms with Crippen LogP contribution in [0.1, 0.15) is 19.3 Å². The molecule has 0 aliphatic carbocycles. The molecule has 1 aliphatic rings. The summed E-state index contributed by atoms with van der Waals surface area (Å²) in [5, 5.41) is 6.12. The molecule has 78 valence electrons. The fraction of sp³-hybridized carbons (Fsp3) is 0.667. The van der Waals surface area contributed by atoms with Crippen molar-refractivity contribution in [1.29, 1.82) is 0 Å². The van der Waals surface area contributed by atoms with Crippen LogP contribution in [0.25, 0.3) is 0 Å². The van der Waals surface area contributed by atoms with Crippen molar-refractivity contribution in [3.05, 3.63) is 9.98 Å². The second-order valence-electron chi connectivity index (χ2n) is 3.39. The first kappa shape index (κ1) is 10.4. The summed E-state index contributed by atoms with van der Waals surface area (Å²) in [6.07, 6.45) is 3.81. The van der Waals surface area contributed by atoms with Gasteiger partial charge in [-0.2, -0.15) is 4.98 Å². The van der Waals surface area contributed by atoms with Crippen LogP contribution < -0.4 is 10.1 Å². The van der Waals surface area contributed by atoms with Crippen LogP contribution in [0.3, 0.4) is 0 Å². The van der Waals surface area contributed by atoms with E-state index in [0.29, 0.717) is 6.04 Å². The van der Waals surface area contributed by atoms with Gasteiger partial charge in [0.05, 0.1) is 0 Å². The molecule has 2 heterocycles. The number of halogens is 1. The van der Waals surface area contributed by atoms with E-state index in [4.69, 9.17) is 4.74 Å². The first-order valence-electron chi connectivity index (χ1n) is 4.82. The Kier molecular flexibility index (Phi) is 3.78. The number of rotatable bonds is 3. The third kappa shape index (κ3) is 2.93. The number of thiazole rings is 1. The molecule has 1 N–H and O–H groups in total. The number of ether oxygens (including phenoxy) is 1. The Morgan fingerprint density at radius 2 is 2.57 bits per heavy atom. The van der Waals surface area contributed by atoms with E-state index >= 15 is 0 Å². The highest BCUT2D eigenvalue weighted by Gasteiger charge is 2.13. The van der Waals surface area contributed by atoms with Gasteiger partial charge in [0.15, 0.2) is 0 Å². The molecule has 1 aromatic rings. The zero-order chi connectivity index (χ0) is 9.80. The van der Waals surface area contributed by atoms with Gasteiger partial charge in [-0.15, -0.1) is 0 Å². The first-order valence-corrected chi connectivity index (χ1v) is 6.49. The van der Waals surface area contributed by atoms with Crippen LogP contribution >= 0.6 is 27.3 Å². The van der Waals surface area contributed by atoms with Gasteiger partial charge < -0.3 is 10.1 Å². The minimum Gasteiger partial charge on any atom is -0.468 e. The molecule has 0 spiro atoms. The van der Waals surface area contributed by atoms with Gasteiger partial charge in [-0.1, -0.05) is 17.8 Å². The maximum atomic E-state index is 5.58. The number of hydrogen-bond acceptors (Lipinski definition) is 4. The summed E-state index contributed by atoms with van der Waals surface area (Å²) in [4.78, 5) is 4.18. The number of nitrogens with one attached hydrogen (secondary N) is 1. The predicted octanol–water partition coefficient (Wildman–Crippen LogP) is 2.43. The molecule has 1 atom stereocenters. The molecule has 1 fully saturated rings. The quantitative estimate of drug-likeness (QED) is 0.921. The van der Waals surface area contributed by atoms with Gasteiger partial charge in [0.25, 0.3) is 5.19 Å². The third-order valence-corrected chi connectivity index (χ3v) is 3.74. The van der Waals surface area contributed by atoms with Crippen molar-refractivity contribution in [2.75, 3.05) is 13.2 Å². The lowest BCUT2D eigenvalue weighted by molar-refractivity contribution is 0.238. The Morgan fingerprint density at radius 3 is 3.21 bits per heavy atom. The molecule has 1 aromatic heterocycles. The SMILES string of the molecule is Brc1csc(OCC2CCCCN2)n1. The molecule has 1 aliphatic heterocycles. The summed E-state index contributed by atoms with van der Waals surface area (Å²) in [5.74, 6) is 0. The van der Waals surface area contributed by atoms with E-state index in [-0.39, 0.29) is 0 Å². The molecule has 0 aromatic carbocycles. The summed E-state index contributed by atoms with van der Waals surface area (Å²) in [6.45, 7) is 1.86. The Hall–Kier alpha value is -0.130. The van der Waals surface area contributed by atoms with Crippen LogP contribution in [0.15, 0.2) is 9.98 Å². The summed E-state index contributed by atoms with van der Waals surface area (Å²) < 4.78 is 6.44. The number of hydrogen-bond donors (Lipinski definition) is 1. The second kappa shape index (κ2) is 5.09. The Morgan fingerprint density at radius 1 is 1.64 bits per heavy atom. The Balaban J connectivity index is 1.76. The average Bonchev–Trinajstić information content (AvgIpc) is 2.63. The molecule has 14 heavy (non-hydrogen) atoms. The maximum absolute atomic E-state index is 5.58. The molecular weight excluding hydrogens is 264 g/mol. The van der Waals surface area contributed by atoms with Crippen molar-refractivity contribution in [3.63, 3.8) is 0 Å². The van der Waals surface area contributed by atoms with Crippen molar-refractivity contribution in [1.82, 2.24) is 10.3 Å². The lowest BCUT2D eigenvalue weighted by Gasteiger charge is -2.22. The molecule has 1 unspecified atom stereocenters. The van der Waals surface area contributed by atoms with Crippen molar-refractivity contribution >= 4 is 27.3 Å². The van der Waals surface area contributed by atoms with Crippen LogP contribution in [0.2, 0.25) is 0 Å². The topological polar surface area (TPSA) is 34.1 Å². The number of piperidine rings is 1. The van der Waals surface area contributed by atoms with E-state index in [2.05, 4.69) is 26.2 Å². The molecule has 0 bridgehead atoms. The molecule has 3 nitrogen and oxygen atoms in total. The maximum Gasteiger partial charge on any atom is 0.274 e. The van der Waals surface area contributed by atoms with Crippen molar-refractivity contribution < 1.29 is 4.74 Å². The van der Waals surface area contributed by atoms with Crippen molar-refractivity contribution in [3.8, 4) is 5.19 Å². The predicted molar refractivity (Wildman–Crippen MR) is 61.0 cm³/mol. The summed E-state index contributed by atoms with van der Waals surface area (Å²) in [5.41, 5.74) is 0. The number of aromatic nitrogens is 1. The molecule has 0 saturated carbocycles. The van der Waals surface area contributed by atoms with E-state index in [1.165, 1.54) is 30.6 Å². The highest BCUT2D eigenvalue weighted by molar-refractivity contribution is 9.10. The van der Waals surface area contributed by atoms with E-state index in [1.54, 1.807) is 0 Å². The van der Waals surface area contributed by atoms with Gasteiger partial charge in [0, 0.05) is 11.4 Å². The highest BCUT2D eigenvalue weighted by Crippen LogP contribution is 2.22. The van der Waals surface area contributed by atoms with Crippen LogP contribution in [-0.4, -0.2) is 24.2 Å². The second-order valence-corrected chi connectivity index (χ2v) is 5.03. The zero-order valence-electron chi connectivity index (χ0n) is 7.83. The Labute approximate surface area is 96.0 Å². The molecule has 5 heteroatoms. The fourth-order valence-electron chi connectivity index (χ4n) is 1.54. The molecule has 1 saturated heterocycles. The van der Waals surface area contributed by atoms with Gasteiger partial charge in [0.1, 0.15) is 11.2 Å². The van der Waals surface area contributed by atoms with Gasteiger partial charge in [0.2, 0.25) is 0 Å². The average molecular weight is 277 g/mol. The van der Waals surface area contributed by atoms with Gasteiger partial charge in [-0.3, -0.25) is 0 Å². The van der Waals surface area contributed by atoms with Crippen LogP contribution in [0.4, 0.5) is 0 Å². The Bertz CT molecular complexity index is 286. The zero-order valence-corrected chi connectivity index (χ0v) is 10.2. The molecule has 2 rings (SSSR count). The monoisotopic (exact) mass is 276 g/mol. The third-order valence-electron chi connectivity index (χ3n) is 2.28. The fourth-order valence-corrected chi connectivity index (χ4v) is 2.64. The lowest BCUT2D eigenvalue weighted by Crippen LogP contribution is -2.38. The van der Waals surface area contributed by atoms with E-state index < -0.39 is 0 Å². The van der Waals surface area contributed by atoms with Gasteiger partial charge >= 0.3 is 0 Å². The number of nitrogens with zero attached hydrogens (tertiary/aromatic N) is 1. The van der Waals surface area contributed by atoms with E-state index in [1.807, 2.05) is 5.38 Å². The van der Waals surface area contributed by atoms with Gasteiger partial charge in [-0.25, -0.2) is 0 Å². The van der Waals surface area contributed by atoms with Gasteiger partial charge in [-0.05, 0) is 35.3 Å². The van der Waals surface area contributed by atoms with Crippen LogP contribution in [-0.2, 0) is 0 Å². The van der Waals surface area contributed by atoms with E-state index in [9.17, 15) is 0 Å². The van der Waals surface area contributed by atoms with Crippen LogP contribution in [0.5, 0.6) is 5.19 Å². The van der Waals surface area contributed by atoms with Crippen molar-refractivity contribution in [2.45, 2.75) is 25.3 Å². The summed E-state index contributed by atoms with van der Waals surface area (Å²) in [7, 11) is 0. The largest absolute Gasteiger partial charge is 0.468 e. The minimum absolute atomic E-state index is 0.506. The van der Waals surface area contributed by atoms with E-state index in [0.717, 1.165) is 22.9 Å². The minimum atomic E-state index is 0.506. The molecule has 0 radical (unpaired) electrons. The lowest BCUT2D eigenvalue weighted by atomic mass is 10.1. The molecule has 0 amide bonds. The van der Waals surface area contributed by atoms with Crippen molar-refractivity contribution in [2.24, 2.45) is 0 Å². The standard InChI is InChI=1S/C9H13BrN2OS/c10-8-6-14-9(12-8)13-5-7-3-1-2-4-11-7/h6-7,11H,1-5H2.